The summed E-state index contributed by atoms with van der Waals surface area (Å²) in [4.78, 5) is 23.5. The standard InChI is InChI=1S/C26H38O6S/c1-3-12-32-18-20-7-4-6-19(15-20)16-21(27)9-10-22-23(25(29)17-24(22)28)11-14-33-13-5-8-26(30)31-2/h4,6-7,9-10,15,21-24,27-28H,3,5,8,11-14,16-18H2,1-2H3/t21-,22-,23-,24-/m1/s1. The maximum atomic E-state index is 12.4. The number of esters is 1. The van der Waals surface area contributed by atoms with Crippen LogP contribution >= 0.6 is 11.8 Å². The highest BCUT2D eigenvalue weighted by Crippen LogP contribution is 2.34. The molecule has 2 N–H and O–H groups in total. The molecule has 0 saturated heterocycles. The average molecular weight is 479 g/mol. The lowest BCUT2D eigenvalue weighted by Crippen LogP contribution is -2.20. The number of ether oxygens (including phenoxy) is 2. The first kappa shape index (κ1) is 27.6. The molecule has 7 heteroatoms. The molecule has 1 aliphatic rings. The van der Waals surface area contributed by atoms with E-state index < -0.39 is 12.2 Å². The Hall–Kier alpha value is -1.67. The lowest BCUT2D eigenvalue weighted by molar-refractivity contribution is -0.140. The predicted molar refractivity (Wildman–Crippen MR) is 131 cm³/mol. The van der Waals surface area contributed by atoms with Gasteiger partial charge in [0.1, 0.15) is 5.78 Å². The Kier molecular flexibility index (Phi) is 12.8. The topological polar surface area (TPSA) is 93.1 Å². The summed E-state index contributed by atoms with van der Waals surface area (Å²) >= 11 is 1.71. The number of hydrogen-bond donors (Lipinski definition) is 2. The van der Waals surface area contributed by atoms with Gasteiger partial charge in [0, 0.05) is 37.7 Å². The van der Waals surface area contributed by atoms with E-state index in [4.69, 9.17) is 4.74 Å². The fourth-order valence-electron chi connectivity index (χ4n) is 4.07. The molecule has 1 fully saturated rings. The fraction of sp³-hybridized carbons (Fsp3) is 0.615. The van der Waals surface area contributed by atoms with Crippen LogP contribution < -0.4 is 0 Å². The highest BCUT2D eigenvalue weighted by atomic mass is 32.2. The molecule has 0 bridgehead atoms. The van der Waals surface area contributed by atoms with E-state index in [1.165, 1.54) is 7.11 Å². The van der Waals surface area contributed by atoms with Crippen LogP contribution in [0.25, 0.3) is 0 Å². The minimum absolute atomic E-state index is 0.0848. The first-order valence-corrected chi connectivity index (χ1v) is 13.0. The van der Waals surface area contributed by atoms with Crippen LogP contribution in [-0.2, 0) is 32.1 Å². The number of hydrogen-bond acceptors (Lipinski definition) is 7. The summed E-state index contributed by atoms with van der Waals surface area (Å²) in [7, 11) is 1.39. The number of aliphatic hydroxyl groups excluding tert-OH is 2. The van der Waals surface area contributed by atoms with Gasteiger partial charge in [-0.15, -0.1) is 0 Å². The molecule has 0 aliphatic heterocycles. The summed E-state index contributed by atoms with van der Waals surface area (Å²) in [5, 5.41) is 20.9. The van der Waals surface area contributed by atoms with Crippen molar-refractivity contribution < 1.29 is 29.3 Å². The van der Waals surface area contributed by atoms with Crippen molar-refractivity contribution in [1.82, 2.24) is 0 Å². The summed E-state index contributed by atoms with van der Waals surface area (Å²) in [5.74, 6) is 1.02. The van der Waals surface area contributed by atoms with Gasteiger partial charge in [-0.3, -0.25) is 9.59 Å². The van der Waals surface area contributed by atoms with Crippen molar-refractivity contribution in [3.63, 3.8) is 0 Å². The first-order chi connectivity index (χ1) is 15.9. The number of carbonyl (C=O) groups excluding carboxylic acids is 2. The van der Waals surface area contributed by atoms with Crippen LogP contribution in [0.4, 0.5) is 0 Å². The lowest BCUT2D eigenvalue weighted by atomic mass is 9.91. The molecule has 0 aromatic heterocycles. The smallest absolute Gasteiger partial charge is 0.305 e. The Labute approximate surface area is 201 Å². The molecule has 0 radical (unpaired) electrons. The molecule has 0 amide bonds. The van der Waals surface area contributed by atoms with Crippen LogP contribution in [0.2, 0.25) is 0 Å². The second-order valence-electron chi connectivity index (χ2n) is 8.53. The summed E-state index contributed by atoms with van der Waals surface area (Å²) in [6, 6.07) is 8.00. The van der Waals surface area contributed by atoms with E-state index in [1.807, 2.05) is 30.3 Å². The van der Waals surface area contributed by atoms with Crippen molar-refractivity contribution in [2.45, 2.75) is 64.3 Å². The molecule has 0 heterocycles. The first-order valence-electron chi connectivity index (χ1n) is 11.8. The Morgan fingerprint density at radius 2 is 2.09 bits per heavy atom. The molecule has 2 rings (SSSR count). The van der Waals surface area contributed by atoms with E-state index in [-0.39, 0.29) is 30.0 Å². The number of thioether (sulfide) groups is 1. The number of ketones is 1. The van der Waals surface area contributed by atoms with E-state index in [1.54, 1.807) is 17.8 Å². The molecular weight excluding hydrogens is 440 g/mol. The van der Waals surface area contributed by atoms with Crippen molar-refractivity contribution in [2.75, 3.05) is 25.2 Å². The summed E-state index contributed by atoms with van der Waals surface area (Å²) < 4.78 is 10.2. The quantitative estimate of drug-likeness (QED) is 0.225. The third kappa shape index (κ3) is 10.0. The minimum Gasteiger partial charge on any atom is -0.469 e. The Bertz CT molecular complexity index is 765. The highest BCUT2D eigenvalue weighted by Gasteiger charge is 2.39. The largest absolute Gasteiger partial charge is 0.469 e. The Morgan fingerprint density at radius 3 is 2.85 bits per heavy atom. The van der Waals surface area contributed by atoms with Crippen molar-refractivity contribution in [3.8, 4) is 0 Å². The number of Topliss-reactive ketones (excluding diaryl/α,β-unsaturated/α-hetero) is 1. The summed E-state index contributed by atoms with van der Waals surface area (Å²) in [6.45, 7) is 3.36. The fourth-order valence-corrected chi connectivity index (χ4v) is 5.05. The van der Waals surface area contributed by atoms with Crippen LogP contribution in [0.15, 0.2) is 36.4 Å². The molecule has 33 heavy (non-hydrogen) atoms. The SMILES string of the molecule is CCCOCc1cccc(C[C@H](O)C=C[C@H]2[C@H](O)CC(=O)[C@@H]2CCSCCCC(=O)OC)c1. The zero-order valence-electron chi connectivity index (χ0n) is 19.8. The monoisotopic (exact) mass is 478 g/mol. The average Bonchev–Trinajstić information content (AvgIpc) is 3.06. The van der Waals surface area contributed by atoms with Gasteiger partial charge in [0.05, 0.1) is 25.9 Å². The number of methoxy groups -OCH3 is 1. The summed E-state index contributed by atoms with van der Waals surface area (Å²) in [5.41, 5.74) is 2.10. The predicted octanol–water partition coefficient (Wildman–Crippen LogP) is 3.72. The zero-order chi connectivity index (χ0) is 24.1. The molecule has 4 atom stereocenters. The zero-order valence-corrected chi connectivity index (χ0v) is 20.6. The van der Waals surface area contributed by atoms with Crippen LogP contribution in [-0.4, -0.2) is 59.4 Å². The van der Waals surface area contributed by atoms with Gasteiger partial charge in [0.2, 0.25) is 0 Å². The highest BCUT2D eigenvalue weighted by molar-refractivity contribution is 7.99. The van der Waals surface area contributed by atoms with Gasteiger partial charge < -0.3 is 19.7 Å². The molecule has 0 spiro atoms. The van der Waals surface area contributed by atoms with Crippen molar-refractivity contribution >= 4 is 23.5 Å². The molecule has 184 valence electrons. The van der Waals surface area contributed by atoms with Gasteiger partial charge in [0.15, 0.2) is 0 Å². The van der Waals surface area contributed by atoms with E-state index in [9.17, 15) is 19.8 Å². The van der Waals surface area contributed by atoms with E-state index in [0.717, 1.165) is 42.1 Å². The van der Waals surface area contributed by atoms with Crippen LogP contribution in [0, 0.1) is 11.8 Å². The molecular formula is C26H38O6S. The minimum atomic E-state index is -0.700. The van der Waals surface area contributed by atoms with E-state index in [0.29, 0.717) is 25.9 Å². The number of aliphatic hydroxyl groups is 2. The molecule has 1 aromatic rings. The second-order valence-corrected chi connectivity index (χ2v) is 9.76. The van der Waals surface area contributed by atoms with E-state index in [2.05, 4.69) is 11.7 Å². The van der Waals surface area contributed by atoms with Gasteiger partial charge in [0.25, 0.3) is 0 Å². The lowest BCUT2D eigenvalue weighted by Gasteiger charge is -2.18. The number of benzene rings is 1. The van der Waals surface area contributed by atoms with Crippen LogP contribution in [0.1, 0.15) is 50.2 Å². The van der Waals surface area contributed by atoms with Crippen molar-refractivity contribution in [1.29, 1.82) is 0 Å². The molecule has 6 nitrogen and oxygen atoms in total. The molecule has 0 unspecified atom stereocenters. The van der Waals surface area contributed by atoms with E-state index >= 15 is 0 Å². The molecule has 1 aromatic carbocycles. The van der Waals surface area contributed by atoms with Gasteiger partial charge in [-0.05, 0) is 41.9 Å². The molecule has 1 saturated carbocycles. The normalized spacial score (nSPS) is 21.6. The van der Waals surface area contributed by atoms with Crippen LogP contribution in [0.5, 0.6) is 0 Å². The number of carbonyl (C=O) groups is 2. The molecule has 1 aliphatic carbocycles. The maximum absolute atomic E-state index is 12.4. The van der Waals surface area contributed by atoms with Gasteiger partial charge in [-0.2, -0.15) is 11.8 Å². The summed E-state index contributed by atoms with van der Waals surface area (Å²) in [6.07, 6.45) is 5.60. The second kappa shape index (κ2) is 15.3. The Balaban J connectivity index is 1.82. The van der Waals surface area contributed by atoms with Crippen molar-refractivity contribution in [3.05, 3.63) is 47.5 Å². The van der Waals surface area contributed by atoms with Gasteiger partial charge in [-0.25, -0.2) is 0 Å². The van der Waals surface area contributed by atoms with Gasteiger partial charge in [-0.1, -0.05) is 43.3 Å². The maximum Gasteiger partial charge on any atom is 0.305 e. The van der Waals surface area contributed by atoms with Gasteiger partial charge >= 0.3 is 5.97 Å². The number of rotatable bonds is 15. The van der Waals surface area contributed by atoms with Crippen molar-refractivity contribution in [2.24, 2.45) is 11.8 Å². The third-order valence-electron chi connectivity index (χ3n) is 5.81. The van der Waals surface area contributed by atoms with Crippen LogP contribution in [0.3, 0.4) is 0 Å². The Morgan fingerprint density at radius 1 is 1.30 bits per heavy atom. The third-order valence-corrected chi connectivity index (χ3v) is 6.91.